The number of imide groups is 1. The molecule has 3 aliphatic heterocycles. The van der Waals surface area contributed by atoms with Gasteiger partial charge < -0.3 is 33.2 Å². The second-order valence-electron chi connectivity index (χ2n) is 12.1. The van der Waals surface area contributed by atoms with Crippen LogP contribution in [0.25, 0.3) is 0 Å². The van der Waals surface area contributed by atoms with Crippen molar-refractivity contribution in [3.63, 3.8) is 0 Å². The Balaban J connectivity index is 2.00. The molecule has 2 amide bonds. The van der Waals surface area contributed by atoms with Gasteiger partial charge >= 0.3 is 6.09 Å². The Bertz CT molecular complexity index is 858. The molecule has 2 saturated heterocycles. The van der Waals surface area contributed by atoms with Crippen LogP contribution < -0.4 is 0 Å². The van der Waals surface area contributed by atoms with Crippen LogP contribution >= 0.6 is 0 Å². The summed E-state index contributed by atoms with van der Waals surface area (Å²) in [5.74, 6) is -2.38. The molecule has 200 valence electrons. The van der Waals surface area contributed by atoms with E-state index < -0.39 is 68.0 Å². The van der Waals surface area contributed by atoms with Crippen molar-refractivity contribution >= 4 is 20.3 Å². The van der Waals surface area contributed by atoms with Gasteiger partial charge in [0.25, 0.3) is 5.91 Å². The van der Waals surface area contributed by atoms with Gasteiger partial charge in [-0.2, -0.15) is 0 Å². The number of ether oxygens (including phenoxy) is 5. The lowest BCUT2D eigenvalue weighted by atomic mass is 10.0. The molecule has 0 bridgehead atoms. The molecular formula is C24H41NO9Si. The van der Waals surface area contributed by atoms with E-state index in [1.165, 1.54) is 0 Å². The van der Waals surface area contributed by atoms with Gasteiger partial charge in [0.1, 0.15) is 23.9 Å². The summed E-state index contributed by atoms with van der Waals surface area (Å²) in [5, 5.41) is 11.1. The molecule has 5 atom stereocenters. The number of rotatable bonds is 6. The second-order valence-corrected chi connectivity index (χ2v) is 16.6. The first kappa shape index (κ1) is 28.2. The predicted octanol–water partition coefficient (Wildman–Crippen LogP) is 2.94. The number of nitrogens with zero attached hydrogens (tertiary/aromatic N) is 1. The summed E-state index contributed by atoms with van der Waals surface area (Å²) in [5.41, 5.74) is -0.797. The maximum Gasteiger partial charge on any atom is 0.417 e. The van der Waals surface area contributed by atoms with Crippen LogP contribution in [0.4, 0.5) is 4.79 Å². The van der Waals surface area contributed by atoms with Crippen molar-refractivity contribution in [1.29, 1.82) is 0 Å². The molecule has 0 aromatic heterocycles. The third-order valence-electron chi connectivity index (χ3n) is 5.63. The summed E-state index contributed by atoms with van der Waals surface area (Å²) in [7, 11) is -2.19. The van der Waals surface area contributed by atoms with Crippen LogP contribution in [-0.2, 0) is 32.9 Å². The molecule has 1 N–H and O–H groups in total. The maximum absolute atomic E-state index is 13.6. The van der Waals surface area contributed by atoms with E-state index in [0.29, 0.717) is 0 Å². The van der Waals surface area contributed by atoms with Gasteiger partial charge in [0.2, 0.25) is 0 Å². The standard InChI is InChI=1S/C24H41NO9Si/c1-22(2,3)33-21(28)25-15(19(34-35(8,9)10)17-13-30-24(6,7)32-17)11-14(20(25)27)18(26)16-12-29-23(4,5)31-16/h11,15-19,26H,12-13H2,1-10H3/t15-,16-,17-,18+,19+/m0/s1. The molecular weight excluding hydrogens is 474 g/mol. The Morgan fingerprint density at radius 1 is 1.09 bits per heavy atom. The van der Waals surface area contributed by atoms with Crippen molar-refractivity contribution in [1.82, 2.24) is 4.90 Å². The maximum atomic E-state index is 13.6. The number of carbonyl (C=O) groups excluding carboxylic acids is 2. The van der Waals surface area contributed by atoms with Gasteiger partial charge in [-0.15, -0.1) is 0 Å². The van der Waals surface area contributed by atoms with Crippen LogP contribution in [0, 0.1) is 0 Å². The van der Waals surface area contributed by atoms with E-state index in [1.807, 2.05) is 19.6 Å². The van der Waals surface area contributed by atoms with E-state index in [-0.39, 0.29) is 18.8 Å². The Morgan fingerprint density at radius 2 is 1.60 bits per heavy atom. The summed E-state index contributed by atoms with van der Waals surface area (Å²) in [6.45, 7) is 18.6. The fourth-order valence-electron chi connectivity index (χ4n) is 4.31. The summed E-state index contributed by atoms with van der Waals surface area (Å²) in [4.78, 5) is 27.9. The molecule has 3 heterocycles. The van der Waals surface area contributed by atoms with Crippen molar-refractivity contribution in [3.8, 4) is 0 Å². The summed E-state index contributed by atoms with van der Waals surface area (Å²) in [6.07, 6.45) is -2.58. The Kier molecular flexibility index (Phi) is 7.67. The van der Waals surface area contributed by atoms with Gasteiger partial charge in [0, 0.05) is 5.57 Å². The van der Waals surface area contributed by atoms with Gasteiger partial charge in [-0.05, 0) is 74.2 Å². The van der Waals surface area contributed by atoms with Gasteiger partial charge in [0.05, 0.1) is 25.4 Å². The first-order valence-electron chi connectivity index (χ1n) is 12.1. The van der Waals surface area contributed by atoms with Crippen molar-refractivity contribution < 1.29 is 42.8 Å². The van der Waals surface area contributed by atoms with E-state index in [4.69, 9.17) is 28.1 Å². The lowest BCUT2D eigenvalue weighted by Gasteiger charge is -2.37. The molecule has 10 nitrogen and oxygen atoms in total. The molecule has 11 heteroatoms. The average Bonchev–Trinajstić information content (AvgIpc) is 3.31. The fraction of sp³-hybridized carbons (Fsp3) is 0.833. The zero-order valence-electron chi connectivity index (χ0n) is 22.5. The molecule has 35 heavy (non-hydrogen) atoms. The molecule has 0 aromatic carbocycles. The van der Waals surface area contributed by atoms with E-state index in [0.717, 1.165) is 4.90 Å². The van der Waals surface area contributed by atoms with Crippen molar-refractivity contribution in [2.75, 3.05) is 13.2 Å². The van der Waals surface area contributed by atoms with Crippen LogP contribution in [0.2, 0.25) is 19.6 Å². The van der Waals surface area contributed by atoms with Gasteiger partial charge in [0.15, 0.2) is 19.9 Å². The molecule has 0 unspecified atom stereocenters. The highest BCUT2D eigenvalue weighted by Gasteiger charge is 2.52. The van der Waals surface area contributed by atoms with Crippen molar-refractivity contribution in [3.05, 3.63) is 11.6 Å². The fourth-order valence-corrected chi connectivity index (χ4v) is 5.42. The van der Waals surface area contributed by atoms with Crippen LogP contribution in [-0.4, -0.2) is 91.2 Å². The van der Waals surface area contributed by atoms with Crippen molar-refractivity contribution in [2.24, 2.45) is 0 Å². The SMILES string of the molecule is CC(C)(C)OC(=O)N1C(=O)C([C@@H](O)[C@@H]2COC(C)(C)O2)=C[C@H]1[C@@H](O[Si](C)(C)C)[C@@H]1COC(C)(C)O1. The molecule has 0 aliphatic carbocycles. The zero-order valence-corrected chi connectivity index (χ0v) is 23.5. The van der Waals surface area contributed by atoms with Crippen LogP contribution in [0.15, 0.2) is 11.6 Å². The topological polar surface area (TPSA) is 113 Å². The summed E-state index contributed by atoms with van der Waals surface area (Å²) in [6, 6.07) is -0.869. The predicted molar refractivity (Wildman–Crippen MR) is 129 cm³/mol. The Hall–Kier alpha value is -1.34. The monoisotopic (exact) mass is 515 g/mol. The van der Waals surface area contributed by atoms with E-state index >= 15 is 0 Å². The average molecular weight is 516 g/mol. The van der Waals surface area contributed by atoms with E-state index in [2.05, 4.69) is 0 Å². The number of aliphatic hydroxyl groups is 1. The molecule has 3 rings (SSSR count). The largest absolute Gasteiger partial charge is 0.443 e. The number of hydrogen-bond acceptors (Lipinski definition) is 9. The summed E-state index contributed by atoms with van der Waals surface area (Å²) >= 11 is 0. The molecule has 2 fully saturated rings. The summed E-state index contributed by atoms with van der Waals surface area (Å²) < 4.78 is 35.3. The Labute approximate surface area is 208 Å². The number of aliphatic hydroxyl groups excluding tert-OH is 1. The number of amides is 2. The molecule has 0 aromatic rings. The lowest BCUT2D eigenvalue weighted by molar-refractivity contribution is -0.154. The molecule has 0 saturated carbocycles. The van der Waals surface area contributed by atoms with Gasteiger partial charge in [-0.3, -0.25) is 4.79 Å². The lowest BCUT2D eigenvalue weighted by Crippen LogP contribution is -2.55. The highest BCUT2D eigenvalue weighted by molar-refractivity contribution is 6.69. The minimum absolute atomic E-state index is 0.0366. The minimum atomic E-state index is -2.19. The minimum Gasteiger partial charge on any atom is -0.443 e. The van der Waals surface area contributed by atoms with Gasteiger partial charge in [-0.1, -0.05) is 0 Å². The van der Waals surface area contributed by atoms with Crippen LogP contribution in [0.1, 0.15) is 48.5 Å². The third-order valence-corrected chi connectivity index (χ3v) is 6.61. The van der Waals surface area contributed by atoms with Gasteiger partial charge in [-0.25, -0.2) is 9.69 Å². The van der Waals surface area contributed by atoms with Crippen LogP contribution in [0.5, 0.6) is 0 Å². The second kappa shape index (κ2) is 9.51. The molecule has 0 spiro atoms. The quantitative estimate of drug-likeness (QED) is 0.533. The zero-order chi connectivity index (χ0) is 26.6. The highest BCUT2D eigenvalue weighted by Crippen LogP contribution is 2.36. The first-order valence-corrected chi connectivity index (χ1v) is 15.5. The molecule has 3 aliphatic rings. The highest BCUT2D eigenvalue weighted by atomic mass is 28.4. The first-order chi connectivity index (χ1) is 15.8. The number of carbonyl (C=O) groups is 2. The third kappa shape index (κ3) is 6.91. The normalized spacial score (nSPS) is 30.4. The molecule has 0 radical (unpaired) electrons. The number of hydrogen-bond donors (Lipinski definition) is 1. The Morgan fingerprint density at radius 3 is 2.03 bits per heavy atom. The van der Waals surface area contributed by atoms with E-state index in [9.17, 15) is 14.7 Å². The van der Waals surface area contributed by atoms with Crippen LogP contribution in [0.3, 0.4) is 0 Å². The smallest absolute Gasteiger partial charge is 0.417 e. The van der Waals surface area contributed by atoms with E-state index in [1.54, 1.807) is 54.5 Å². The van der Waals surface area contributed by atoms with Crippen molar-refractivity contribution in [2.45, 2.75) is 116 Å².